The largest absolute Gasteiger partial charge is 0.436 e. The van der Waals surface area contributed by atoms with E-state index < -0.39 is 0 Å². The first-order chi connectivity index (χ1) is 17.2. The Bertz CT molecular complexity index is 1770. The first-order valence-electron chi connectivity index (χ1n) is 11.1. The predicted octanol–water partition coefficient (Wildman–Crippen LogP) is 6.96. The molecule has 0 saturated carbocycles. The number of furan rings is 1. The Morgan fingerprint density at radius 1 is 0.800 bits per heavy atom. The van der Waals surface area contributed by atoms with Crippen molar-refractivity contribution >= 4 is 51.0 Å². The van der Waals surface area contributed by atoms with Gasteiger partial charge in [-0.1, -0.05) is 54.6 Å². The number of ketones is 2. The van der Waals surface area contributed by atoms with Gasteiger partial charge in [0.2, 0.25) is 5.71 Å². The molecule has 0 amide bonds. The molecule has 0 unspecified atom stereocenters. The van der Waals surface area contributed by atoms with Crippen LogP contribution in [-0.2, 0) is 0 Å². The van der Waals surface area contributed by atoms with Gasteiger partial charge < -0.3 is 4.42 Å². The van der Waals surface area contributed by atoms with Gasteiger partial charge in [-0.25, -0.2) is 0 Å². The SMILES string of the molecule is O=C1C(=Cc2nc3oc(-c4ccccc4)cc3n2-c2cccs2)C(=O)c2cc3ccccc3cc21. The summed E-state index contributed by atoms with van der Waals surface area (Å²) < 4.78 is 8.01. The van der Waals surface area contributed by atoms with Gasteiger partial charge in [-0.3, -0.25) is 14.2 Å². The lowest BCUT2D eigenvalue weighted by atomic mass is 10.0. The van der Waals surface area contributed by atoms with E-state index in [1.54, 1.807) is 29.5 Å². The van der Waals surface area contributed by atoms with Crippen molar-refractivity contribution < 1.29 is 14.0 Å². The number of hydrogen-bond acceptors (Lipinski definition) is 5. The molecule has 0 aliphatic heterocycles. The van der Waals surface area contributed by atoms with E-state index in [-0.39, 0.29) is 17.1 Å². The van der Waals surface area contributed by atoms with Crippen molar-refractivity contribution in [1.29, 1.82) is 0 Å². The van der Waals surface area contributed by atoms with Crippen LogP contribution >= 0.6 is 11.3 Å². The lowest BCUT2D eigenvalue weighted by Crippen LogP contribution is -2.03. The second-order valence-electron chi connectivity index (χ2n) is 8.38. The van der Waals surface area contributed by atoms with Crippen molar-refractivity contribution in [2.24, 2.45) is 0 Å². The van der Waals surface area contributed by atoms with Crippen LogP contribution in [0.4, 0.5) is 0 Å². The molecule has 5 nitrogen and oxygen atoms in total. The van der Waals surface area contributed by atoms with Crippen molar-refractivity contribution in [2.45, 2.75) is 0 Å². The zero-order chi connectivity index (χ0) is 23.5. The number of carbonyl (C=O) groups excluding carboxylic acids is 2. The fourth-order valence-corrected chi connectivity index (χ4v) is 5.38. The summed E-state index contributed by atoms with van der Waals surface area (Å²) in [6.45, 7) is 0. The third-order valence-corrected chi connectivity index (χ3v) is 7.16. The standard InChI is InChI=1S/C29H16N2O3S/c32-27-20-13-18-9-4-5-10-19(18)14-21(20)28(33)22(27)15-25-30-29-23(31(25)26-11-6-12-35-26)16-24(34-29)17-7-2-1-3-8-17/h1-16H. The Kier molecular flexibility index (Phi) is 4.25. The predicted molar refractivity (Wildman–Crippen MR) is 137 cm³/mol. The van der Waals surface area contributed by atoms with E-state index in [0.717, 1.165) is 26.9 Å². The van der Waals surface area contributed by atoms with Crippen LogP contribution in [0.25, 0.3) is 44.4 Å². The van der Waals surface area contributed by atoms with Crippen LogP contribution in [0.3, 0.4) is 0 Å². The van der Waals surface area contributed by atoms with Crippen molar-refractivity contribution in [3.63, 3.8) is 0 Å². The summed E-state index contributed by atoms with van der Waals surface area (Å²) >= 11 is 1.55. The van der Waals surface area contributed by atoms with Gasteiger partial charge in [0, 0.05) is 22.8 Å². The second-order valence-corrected chi connectivity index (χ2v) is 9.31. The average molecular weight is 473 g/mol. The number of rotatable bonds is 3. The molecule has 3 heterocycles. The van der Waals surface area contributed by atoms with Gasteiger partial charge >= 0.3 is 0 Å². The van der Waals surface area contributed by atoms with Gasteiger partial charge in [-0.2, -0.15) is 4.98 Å². The number of carbonyl (C=O) groups is 2. The number of nitrogens with zero attached hydrogens (tertiary/aromatic N) is 2. The molecule has 0 N–H and O–H groups in total. The maximum absolute atomic E-state index is 13.3. The van der Waals surface area contributed by atoms with E-state index in [2.05, 4.69) is 4.98 Å². The number of hydrogen-bond donors (Lipinski definition) is 0. The summed E-state index contributed by atoms with van der Waals surface area (Å²) in [5.41, 5.74) is 3.16. The minimum atomic E-state index is -0.280. The smallest absolute Gasteiger partial charge is 0.246 e. The molecule has 0 radical (unpaired) electrons. The van der Waals surface area contributed by atoms with Crippen LogP contribution < -0.4 is 0 Å². The minimum absolute atomic E-state index is 0.115. The normalized spacial score (nSPS) is 13.2. The molecule has 0 spiro atoms. The van der Waals surface area contributed by atoms with Crippen LogP contribution in [0.15, 0.2) is 100 Å². The molecule has 0 saturated heterocycles. The highest BCUT2D eigenvalue weighted by Crippen LogP contribution is 2.35. The van der Waals surface area contributed by atoms with E-state index >= 15 is 0 Å². The number of fused-ring (bicyclic) bond motifs is 3. The molecule has 0 bridgehead atoms. The maximum Gasteiger partial charge on any atom is 0.246 e. The zero-order valence-corrected chi connectivity index (χ0v) is 19.1. The third kappa shape index (κ3) is 3.04. The molecule has 3 aromatic carbocycles. The monoisotopic (exact) mass is 472 g/mol. The Balaban J connectivity index is 1.40. The van der Waals surface area contributed by atoms with Crippen LogP contribution in [0, 0.1) is 0 Å². The molecule has 35 heavy (non-hydrogen) atoms. The maximum atomic E-state index is 13.3. The van der Waals surface area contributed by atoms with Gasteiger partial charge in [0.1, 0.15) is 22.1 Å². The van der Waals surface area contributed by atoms with Crippen LogP contribution in [0.2, 0.25) is 0 Å². The highest BCUT2D eigenvalue weighted by Gasteiger charge is 2.34. The molecule has 7 rings (SSSR count). The van der Waals surface area contributed by atoms with Gasteiger partial charge in [-0.05, 0) is 46.5 Å². The summed E-state index contributed by atoms with van der Waals surface area (Å²) in [5, 5.41) is 4.75. The minimum Gasteiger partial charge on any atom is -0.436 e. The highest BCUT2D eigenvalue weighted by atomic mass is 32.1. The fraction of sp³-hybridized carbons (Fsp3) is 0. The fourth-order valence-electron chi connectivity index (χ4n) is 4.63. The average Bonchev–Trinajstić information content (AvgIpc) is 3.66. The molecule has 1 aliphatic rings. The number of Topliss-reactive ketones (excluding diaryl/α,β-unsaturated/α-hetero) is 2. The third-order valence-electron chi connectivity index (χ3n) is 6.30. The Morgan fingerprint density at radius 3 is 2.14 bits per heavy atom. The molecule has 0 atom stereocenters. The van der Waals surface area contributed by atoms with E-state index in [1.165, 1.54) is 0 Å². The number of benzene rings is 3. The van der Waals surface area contributed by atoms with E-state index in [0.29, 0.717) is 28.4 Å². The first-order valence-corrected chi connectivity index (χ1v) is 12.0. The van der Waals surface area contributed by atoms with E-state index in [1.807, 2.05) is 82.7 Å². The quantitative estimate of drug-likeness (QED) is 0.206. The second kappa shape index (κ2) is 7.48. The Labute approximate surface area is 203 Å². The van der Waals surface area contributed by atoms with Crippen molar-refractivity contribution in [2.75, 3.05) is 0 Å². The van der Waals surface area contributed by atoms with Crippen molar-refractivity contribution in [1.82, 2.24) is 9.55 Å². The molecular weight excluding hydrogens is 456 g/mol. The van der Waals surface area contributed by atoms with E-state index in [4.69, 9.17) is 4.42 Å². The summed E-state index contributed by atoms with van der Waals surface area (Å²) in [6.07, 6.45) is 1.59. The summed E-state index contributed by atoms with van der Waals surface area (Å²) in [7, 11) is 0. The molecular formula is C29H16N2O3S. The summed E-state index contributed by atoms with van der Waals surface area (Å²) in [5.74, 6) is 0.630. The Hall–Kier alpha value is -4.55. The number of imidazole rings is 1. The molecule has 1 aliphatic carbocycles. The van der Waals surface area contributed by atoms with Crippen LogP contribution in [0.5, 0.6) is 0 Å². The highest BCUT2D eigenvalue weighted by molar-refractivity contribution is 7.12. The van der Waals surface area contributed by atoms with Crippen LogP contribution in [-0.4, -0.2) is 21.1 Å². The van der Waals surface area contributed by atoms with Crippen molar-refractivity contribution in [3.05, 3.63) is 113 Å². The molecule has 6 aromatic rings. The van der Waals surface area contributed by atoms with Gasteiger partial charge in [0.05, 0.1) is 5.57 Å². The lowest BCUT2D eigenvalue weighted by molar-refractivity contribution is 0.0990. The van der Waals surface area contributed by atoms with Crippen molar-refractivity contribution in [3.8, 4) is 16.3 Å². The summed E-state index contributed by atoms with van der Waals surface area (Å²) in [6, 6.07) is 27.0. The van der Waals surface area contributed by atoms with E-state index in [9.17, 15) is 9.59 Å². The number of aromatic nitrogens is 2. The van der Waals surface area contributed by atoms with Gasteiger partial charge in [-0.15, -0.1) is 11.3 Å². The molecule has 3 aromatic heterocycles. The molecule has 6 heteroatoms. The number of thiophene rings is 1. The first kappa shape index (κ1) is 19.9. The summed E-state index contributed by atoms with van der Waals surface area (Å²) in [4.78, 5) is 31.3. The topological polar surface area (TPSA) is 65.1 Å². The van der Waals surface area contributed by atoms with Crippen LogP contribution in [0.1, 0.15) is 26.5 Å². The van der Waals surface area contributed by atoms with Gasteiger partial charge in [0.25, 0.3) is 0 Å². The van der Waals surface area contributed by atoms with Gasteiger partial charge in [0.15, 0.2) is 11.6 Å². The zero-order valence-electron chi connectivity index (χ0n) is 18.3. The molecule has 0 fully saturated rings. The Morgan fingerprint density at radius 2 is 1.49 bits per heavy atom. The molecule has 166 valence electrons. The lowest BCUT2D eigenvalue weighted by Gasteiger charge is -2.03. The number of allylic oxidation sites excluding steroid dienone is 1.